The zero-order chi connectivity index (χ0) is 19.7. The first-order valence-electron chi connectivity index (χ1n) is 10.4. The molecule has 2 rings (SSSR count). The molecule has 1 aliphatic carbocycles. The van der Waals surface area contributed by atoms with Crippen LogP contribution in [0, 0.1) is 0 Å². The van der Waals surface area contributed by atoms with Gasteiger partial charge in [0.2, 0.25) is 0 Å². The minimum atomic E-state index is -0.473. The van der Waals surface area contributed by atoms with Crippen molar-refractivity contribution in [2.24, 2.45) is 4.99 Å². The molecule has 1 saturated carbocycles. The van der Waals surface area contributed by atoms with Gasteiger partial charge in [-0.3, -0.25) is 4.99 Å². The quantitative estimate of drug-likeness (QED) is 0.420. The van der Waals surface area contributed by atoms with Crippen LogP contribution in [0.25, 0.3) is 0 Å². The smallest absolute Gasteiger partial charge is 0.407 e. The van der Waals surface area contributed by atoms with Crippen LogP contribution >= 0.6 is 0 Å². The molecular formula is C20H38N4O3. The number of nitrogens with one attached hydrogen (secondary N) is 2. The third-order valence-electron chi connectivity index (χ3n) is 4.93. The van der Waals surface area contributed by atoms with Crippen LogP contribution in [0.1, 0.15) is 65.7 Å². The van der Waals surface area contributed by atoms with E-state index in [9.17, 15) is 4.79 Å². The van der Waals surface area contributed by atoms with Crippen molar-refractivity contribution < 1.29 is 14.3 Å². The summed E-state index contributed by atoms with van der Waals surface area (Å²) in [4.78, 5) is 18.5. The van der Waals surface area contributed by atoms with Crippen molar-refractivity contribution in [2.45, 2.75) is 83.5 Å². The fraction of sp³-hybridized carbons (Fsp3) is 0.900. The monoisotopic (exact) mass is 382 g/mol. The average molecular weight is 383 g/mol. The number of guanidine groups is 1. The summed E-state index contributed by atoms with van der Waals surface area (Å²) in [7, 11) is 1.80. The number of carbonyl (C=O) groups excluding carboxylic acids is 1. The first-order valence-corrected chi connectivity index (χ1v) is 10.4. The summed E-state index contributed by atoms with van der Waals surface area (Å²) in [5.74, 6) is 0.890. The van der Waals surface area contributed by atoms with E-state index in [-0.39, 0.29) is 12.1 Å². The van der Waals surface area contributed by atoms with E-state index in [1.807, 2.05) is 20.8 Å². The molecule has 0 aromatic rings. The minimum absolute atomic E-state index is 0.0908. The van der Waals surface area contributed by atoms with Gasteiger partial charge in [-0.2, -0.15) is 0 Å². The molecule has 2 aliphatic rings. The highest BCUT2D eigenvalue weighted by Crippen LogP contribution is 2.20. The SMILES string of the molecule is CN=C(NCCCOC1CCCCC1)N1CCC(NC(=O)OC(C)(C)C)C1. The number of aliphatic imine (C=N–C) groups is 1. The molecular weight excluding hydrogens is 344 g/mol. The second kappa shape index (κ2) is 10.7. The van der Waals surface area contributed by atoms with E-state index in [0.29, 0.717) is 6.10 Å². The maximum absolute atomic E-state index is 11.9. The number of nitrogens with zero attached hydrogens (tertiary/aromatic N) is 2. The fourth-order valence-electron chi connectivity index (χ4n) is 3.63. The molecule has 2 N–H and O–H groups in total. The molecule has 27 heavy (non-hydrogen) atoms. The molecule has 156 valence electrons. The Balaban J connectivity index is 1.62. The maximum Gasteiger partial charge on any atom is 0.407 e. The Morgan fingerprint density at radius 3 is 2.59 bits per heavy atom. The summed E-state index contributed by atoms with van der Waals surface area (Å²) >= 11 is 0. The minimum Gasteiger partial charge on any atom is -0.444 e. The number of amides is 1. The summed E-state index contributed by atoms with van der Waals surface area (Å²) in [6.45, 7) is 8.89. The van der Waals surface area contributed by atoms with Gasteiger partial charge in [-0.25, -0.2) is 4.79 Å². The molecule has 7 heteroatoms. The Morgan fingerprint density at radius 2 is 1.93 bits per heavy atom. The zero-order valence-corrected chi connectivity index (χ0v) is 17.6. The van der Waals surface area contributed by atoms with Crippen LogP contribution in [0.15, 0.2) is 4.99 Å². The van der Waals surface area contributed by atoms with Gasteiger partial charge in [-0.05, 0) is 46.5 Å². The largest absolute Gasteiger partial charge is 0.444 e. The molecule has 0 radical (unpaired) electrons. The Kier molecular flexibility index (Phi) is 8.67. The van der Waals surface area contributed by atoms with Crippen molar-refractivity contribution in [3.8, 4) is 0 Å². The van der Waals surface area contributed by atoms with E-state index < -0.39 is 5.60 Å². The molecule has 7 nitrogen and oxygen atoms in total. The van der Waals surface area contributed by atoms with Gasteiger partial charge in [0, 0.05) is 33.3 Å². The van der Waals surface area contributed by atoms with E-state index >= 15 is 0 Å². The summed E-state index contributed by atoms with van der Waals surface area (Å²) in [5, 5.41) is 6.36. The van der Waals surface area contributed by atoms with Crippen molar-refractivity contribution in [3.05, 3.63) is 0 Å². The third-order valence-corrected chi connectivity index (χ3v) is 4.93. The molecule has 1 atom stereocenters. The van der Waals surface area contributed by atoms with Crippen LogP contribution in [0.4, 0.5) is 4.79 Å². The molecule has 0 aromatic heterocycles. The van der Waals surface area contributed by atoms with E-state index in [0.717, 1.165) is 45.0 Å². The van der Waals surface area contributed by atoms with Gasteiger partial charge in [0.15, 0.2) is 5.96 Å². The molecule has 1 saturated heterocycles. The lowest BCUT2D eigenvalue weighted by atomic mass is 9.98. The van der Waals surface area contributed by atoms with E-state index in [1.165, 1.54) is 32.1 Å². The van der Waals surface area contributed by atoms with Crippen molar-refractivity contribution >= 4 is 12.1 Å². The van der Waals surface area contributed by atoms with Gasteiger partial charge >= 0.3 is 6.09 Å². The molecule has 0 spiro atoms. The van der Waals surface area contributed by atoms with Gasteiger partial charge in [0.05, 0.1) is 12.1 Å². The lowest BCUT2D eigenvalue weighted by Gasteiger charge is -2.24. The van der Waals surface area contributed by atoms with E-state index in [4.69, 9.17) is 9.47 Å². The number of carbonyl (C=O) groups is 1. The third kappa shape index (κ3) is 8.37. The van der Waals surface area contributed by atoms with E-state index in [1.54, 1.807) is 7.05 Å². The van der Waals surface area contributed by atoms with Gasteiger partial charge < -0.3 is 25.0 Å². The zero-order valence-electron chi connectivity index (χ0n) is 17.6. The van der Waals surface area contributed by atoms with Crippen LogP contribution in [-0.4, -0.2) is 68.0 Å². The molecule has 0 aromatic carbocycles. The van der Waals surface area contributed by atoms with Crippen molar-refractivity contribution in [1.82, 2.24) is 15.5 Å². The van der Waals surface area contributed by atoms with Gasteiger partial charge in [-0.1, -0.05) is 19.3 Å². The standard InChI is InChI=1S/C20H38N4O3/c1-20(2,3)27-19(25)23-16-11-13-24(15-16)18(21-4)22-12-8-14-26-17-9-6-5-7-10-17/h16-17H,5-15H2,1-4H3,(H,21,22)(H,23,25). The highest BCUT2D eigenvalue weighted by molar-refractivity contribution is 5.80. The highest BCUT2D eigenvalue weighted by Gasteiger charge is 2.27. The molecule has 1 aliphatic heterocycles. The van der Waals surface area contributed by atoms with Gasteiger partial charge in [0.25, 0.3) is 0 Å². The number of ether oxygens (including phenoxy) is 2. The molecule has 0 bridgehead atoms. The lowest BCUT2D eigenvalue weighted by molar-refractivity contribution is 0.0276. The van der Waals surface area contributed by atoms with Crippen molar-refractivity contribution in [3.63, 3.8) is 0 Å². The second-order valence-electron chi connectivity index (χ2n) is 8.54. The highest BCUT2D eigenvalue weighted by atomic mass is 16.6. The van der Waals surface area contributed by atoms with E-state index in [2.05, 4.69) is 20.5 Å². The topological polar surface area (TPSA) is 75.2 Å². The molecule has 1 unspecified atom stereocenters. The lowest BCUT2D eigenvalue weighted by Crippen LogP contribution is -2.44. The predicted molar refractivity (Wildman–Crippen MR) is 108 cm³/mol. The Bertz CT molecular complexity index is 484. The first kappa shape index (κ1) is 21.8. The Morgan fingerprint density at radius 1 is 1.19 bits per heavy atom. The van der Waals surface area contributed by atoms with Crippen LogP contribution in [0.2, 0.25) is 0 Å². The number of hydrogen-bond donors (Lipinski definition) is 2. The van der Waals surface area contributed by atoms with Gasteiger partial charge in [0.1, 0.15) is 5.60 Å². The second-order valence-corrected chi connectivity index (χ2v) is 8.54. The molecule has 1 amide bonds. The van der Waals surface area contributed by atoms with Crippen LogP contribution in [0.3, 0.4) is 0 Å². The maximum atomic E-state index is 11.9. The Hall–Kier alpha value is -1.50. The number of alkyl carbamates (subject to hydrolysis) is 1. The first-order chi connectivity index (χ1) is 12.9. The molecule has 1 heterocycles. The molecule has 2 fully saturated rings. The van der Waals surface area contributed by atoms with Crippen LogP contribution in [0.5, 0.6) is 0 Å². The Labute approximate surface area is 164 Å². The number of likely N-dealkylation sites (tertiary alicyclic amines) is 1. The summed E-state index contributed by atoms with van der Waals surface area (Å²) in [5.41, 5.74) is -0.473. The normalized spacial score (nSPS) is 22.0. The van der Waals surface area contributed by atoms with Crippen LogP contribution in [-0.2, 0) is 9.47 Å². The van der Waals surface area contributed by atoms with Crippen molar-refractivity contribution in [2.75, 3.05) is 33.3 Å². The number of rotatable bonds is 6. The van der Waals surface area contributed by atoms with Gasteiger partial charge in [-0.15, -0.1) is 0 Å². The average Bonchev–Trinajstić information content (AvgIpc) is 3.05. The summed E-state index contributed by atoms with van der Waals surface area (Å²) in [6, 6.07) is 0.0908. The summed E-state index contributed by atoms with van der Waals surface area (Å²) < 4.78 is 11.3. The summed E-state index contributed by atoms with van der Waals surface area (Å²) in [6.07, 6.45) is 8.40. The van der Waals surface area contributed by atoms with Crippen LogP contribution < -0.4 is 10.6 Å². The number of hydrogen-bond acceptors (Lipinski definition) is 4. The van der Waals surface area contributed by atoms with Crippen molar-refractivity contribution in [1.29, 1.82) is 0 Å². The fourth-order valence-corrected chi connectivity index (χ4v) is 3.63. The predicted octanol–water partition coefficient (Wildman–Crippen LogP) is 2.90.